The van der Waals surface area contributed by atoms with E-state index in [0.29, 0.717) is 5.82 Å². The molecule has 0 aliphatic carbocycles. The fraction of sp³-hybridized carbons (Fsp3) is 0. The predicted octanol–water partition coefficient (Wildman–Crippen LogP) is 2.81. The molecule has 0 fully saturated rings. The monoisotopic (exact) mass is 303 g/mol. The van der Waals surface area contributed by atoms with Crippen LogP contribution in [0.25, 0.3) is 22.5 Å². The first-order valence-corrected chi connectivity index (χ1v) is 6.15. The Kier molecular flexibility index (Phi) is 2.64. The summed E-state index contributed by atoms with van der Waals surface area (Å²) in [4.78, 5) is 0. The van der Waals surface area contributed by atoms with Crippen molar-refractivity contribution < 1.29 is 0 Å². The van der Waals surface area contributed by atoms with Crippen molar-refractivity contribution in [2.75, 3.05) is 5.73 Å². The van der Waals surface area contributed by atoms with Gasteiger partial charge >= 0.3 is 0 Å². The highest BCUT2D eigenvalue weighted by Gasteiger charge is 2.17. The van der Waals surface area contributed by atoms with Crippen molar-refractivity contribution in [2.45, 2.75) is 0 Å². The zero-order valence-corrected chi connectivity index (χ0v) is 10.9. The Morgan fingerprint density at radius 2 is 1.94 bits per heavy atom. The Hall–Kier alpha value is -2.08. The molecule has 0 atom stereocenters. The molecule has 0 bridgehead atoms. The number of benzene rings is 1. The normalized spacial score (nSPS) is 10.7. The van der Waals surface area contributed by atoms with Gasteiger partial charge in [-0.25, -0.2) is 0 Å². The zero-order chi connectivity index (χ0) is 12.5. The summed E-state index contributed by atoms with van der Waals surface area (Å²) in [6.45, 7) is 0. The van der Waals surface area contributed by atoms with Crippen molar-refractivity contribution in [1.82, 2.24) is 20.4 Å². The van der Waals surface area contributed by atoms with Crippen molar-refractivity contribution in [1.29, 1.82) is 0 Å². The van der Waals surface area contributed by atoms with Crippen LogP contribution in [0.4, 0.5) is 5.82 Å². The fourth-order valence-corrected chi connectivity index (χ4v) is 2.37. The fourth-order valence-electron chi connectivity index (χ4n) is 1.88. The van der Waals surface area contributed by atoms with Crippen LogP contribution in [0.1, 0.15) is 0 Å². The number of hydrogen-bond acceptors (Lipinski definition) is 3. The van der Waals surface area contributed by atoms with Crippen LogP contribution in [-0.2, 0) is 0 Å². The molecular weight excluding hydrogens is 294 g/mol. The number of H-pyrrole nitrogens is 2. The molecule has 3 rings (SSSR count). The SMILES string of the molecule is Nc1n[nH]c(-c2ccn[nH]2)c1-c1ccccc1Br. The molecule has 0 saturated carbocycles. The quantitative estimate of drug-likeness (QED) is 0.680. The molecule has 0 spiro atoms. The van der Waals surface area contributed by atoms with E-state index in [4.69, 9.17) is 5.73 Å². The topological polar surface area (TPSA) is 83.4 Å². The van der Waals surface area contributed by atoms with Gasteiger partial charge in [0.2, 0.25) is 0 Å². The molecule has 4 N–H and O–H groups in total. The zero-order valence-electron chi connectivity index (χ0n) is 9.31. The van der Waals surface area contributed by atoms with Gasteiger partial charge in [-0.15, -0.1) is 0 Å². The number of nitrogens with one attached hydrogen (secondary N) is 2. The second-order valence-electron chi connectivity index (χ2n) is 3.81. The van der Waals surface area contributed by atoms with E-state index in [0.717, 1.165) is 27.0 Å². The first-order chi connectivity index (χ1) is 8.77. The van der Waals surface area contributed by atoms with E-state index in [2.05, 4.69) is 36.3 Å². The molecule has 2 aromatic heterocycles. The van der Waals surface area contributed by atoms with Crippen molar-refractivity contribution in [3.05, 3.63) is 41.0 Å². The molecule has 0 aliphatic heterocycles. The van der Waals surface area contributed by atoms with Gasteiger partial charge in [0.05, 0.1) is 17.0 Å². The maximum atomic E-state index is 5.95. The lowest BCUT2D eigenvalue weighted by atomic mass is 10.0. The summed E-state index contributed by atoms with van der Waals surface area (Å²) in [6.07, 6.45) is 1.69. The third-order valence-corrected chi connectivity index (χ3v) is 3.40. The molecule has 2 heterocycles. The minimum absolute atomic E-state index is 0.464. The van der Waals surface area contributed by atoms with Crippen LogP contribution in [0.3, 0.4) is 0 Å². The second kappa shape index (κ2) is 4.30. The Morgan fingerprint density at radius 1 is 1.11 bits per heavy atom. The summed E-state index contributed by atoms with van der Waals surface area (Å²) < 4.78 is 0.971. The molecule has 0 saturated heterocycles. The molecule has 0 unspecified atom stereocenters. The summed E-state index contributed by atoms with van der Waals surface area (Å²) in [5, 5.41) is 13.9. The third kappa shape index (κ3) is 1.70. The number of aromatic nitrogens is 4. The van der Waals surface area contributed by atoms with Gasteiger partial charge in [-0.1, -0.05) is 34.1 Å². The maximum Gasteiger partial charge on any atom is 0.153 e. The third-order valence-electron chi connectivity index (χ3n) is 2.71. The van der Waals surface area contributed by atoms with Gasteiger partial charge < -0.3 is 5.73 Å². The predicted molar refractivity (Wildman–Crippen MR) is 73.7 cm³/mol. The van der Waals surface area contributed by atoms with Crippen LogP contribution in [0.15, 0.2) is 41.0 Å². The molecule has 0 amide bonds. The van der Waals surface area contributed by atoms with Crippen LogP contribution < -0.4 is 5.73 Å². The standard InChI is InChI=1S/C12H10BrN5/c13-8-4-2-1-3-7(8)10-11(17-18-12(10)14)9-5-6-15-16-9/h1-6H,(H,15,16)(H3,14,17,18). The molecule has 1 aromatic carbocycles. The van der Waals surface area contributed by atoms with E-state index < -0.39 is 0 Å². The van der Waals surface area contributed by atoms with Gasteiger partial charge in [0.25, 0.3) is 0 Å². The number of anilines is 1. The number of nitrogens with two attached hydrogens (primary N) is 1. The van der Waals surface area contributed by atoms with E-state index in [1.807, 2.05) is 30.3 Å². The Morgan fingerprint density at radius 3 is 2.67 bits per heavy atom. The lowest BCUT2D eigenvalue weighted by Crippen LogP contribution is -1.89. The molecule has 3 aromatic rings. The number of hydrogen-bond donors (Lipinski definition) is 3. The number of rotatable bonds is 2. The van der Waals surface area contributed by atoms with Crippen LogP contribution in [0, 0.1) is 0 Å². The van der Waals surface area contributed by atoms with E-state index in [1.165, 1.54) is 0 Å². The smallest absolute Gasteiger partial charge is 0.153 e. The van der Waals surface area contributed by atoms with Crippen LogP contribution in [-0.4, -0.2) is 20.4 Å². The summed E-state index contributed by atoms with van der Waals surface area (Å²) in [7, 11) is 0. The first-order valence-electron chi connectivity index (χ1n) is 5.36. The van der Waals surface area contributed by atoms with Crippen molar-refractivity contribution >= 4 is 21.7 Å². The van der Waals surface area contributed by atoms with Crippen molar-refractivity contribution in [3.63, 3.8) is 0 Å². The van der Waals surface area contributed by atoms with Gasteiger partial charge in [-0.2, -0.15) is 10.2 Å². The van der Waals surface area contributed by atoms with Crippen molar-refractivity contribution in [3.8, 4) is 22.5 Å². The number of nitrogen functional groups attached to an aromatic ring is 1. The van der Waals surface area contributed by atoms with Gasteiger partial charge in [-0.05, 0) is 12.1 Å². The lowest BCUT2D eigenvalue weighted by Gasteiger charge is -2.05. The highest BCUT2D eigenvalue weighted by molar-refractivity contribution is 9.10. The van der Waals surface area contributed by atoms with Gasteiger partial charge in [0.1, 0.15) is 0 Å². The molecular formula is C12H10BrN5. The summed E-state index contributed by atoms with van der Waals surface area (Å²) in [5.41, 5.74) is 9.49. The van der Waals surface area contributed by atoms with Crippen LogP contribution >= 0.6 is 15.9 Å². The average Bonchev–Trinajstić information content (AvgIpc) is 2.99. The molecule has 6 heteroatoms. The molecule has 18 heavy (non-hydrogen) atoms. The molecule has 0 aliphatic rings. The highest BCUT2D eigenvalue weighted by atomic mass is 79.9. The van der Waals surface area contributed by atoms with Crippen molar-refractivity contribution in [2.24, 2.45) is 0 Å². The van der Waals surface area contributed by atoms with Gasteiger partial charge in [-0.3, -0.25) is 10.2 Å². The second-order valence-corrected chi connectivity index (χ2v) is 4.66. The van der Waals surface area contributed by atoms with Gasteiger partial charge in [0.15, 0.2) is 5.82 Å². The van der Waals surface area contributed by atoms with Gasteiger partial charge in [0, 0.05) is 16.2 Å². The van der Waals surface area contributed by atoms with E-state index >= 15 is 0 Å². The largest absolute Gasteiger partial charge is 0.382 e. The van der Waals surface area contributed by atoms with E-state index in [-0.39, 0.29) is 0 Å². The molecule has 90 valence electrons. The first kappa shape index (κ1) is 11.0. The highest BCUT2D eigenvalue weighted by Crippen LogP contribution is 2.37. The van der Waals surface area contributed by atoms with E-state index in [1.54, 1.807) is 6.20 Å². The summed E-state index contributed by atoms with van der Waals surface area (Å²) in [5.74, 6) is 0.464. The maximum absolute atomic E-state index is 5.95. The minimum atomic E-state index is 0.464. The molecule has 5 nitrogen and oxygen atoms in total. The lowest BCUT2D eigenvalue weighted by molar-refractivity contribution is 1.06. The Labute approximate surface area is 112 Å². The van der Waals surface area contributed by atoms with Crippen LogP contribution in [0.2, 0.25) is 0 Å². The Balaban J connectivity index is 2.24. The molecule has 0 radical (unpaired) electrons. The number of aromatic amines is 2. The average molecular weight is 304 g/mol. The number of halogens is 1. The minimum Gasteiger partial charge on any atom is -0.382 e. The number of nitrogens with zero attached hydrogens (tertiary/aromatic N) is 2. The summed E-state index contributed by atoms with van der Waals surface area (Å²) >= 11 is 3.53. The van der Waals surface area contributed by atoms with Crippen LogP contribution in [0.5, 0.6) is 0 Å². The summed E-state index contributed by atoms with van der Waals surface area (Å²) in [6, 6.07) is 9.75. The Bertz CT molecular complexity index is 672. The van der Waals surface area contributed by atoms with E-state index in [9.17, 15) is 0 Å².